The number of hydrogen-bond acceptors (Lipinski definition) is 4. The van der Waals surface area contributed by atoms with E-state index >= 15 is 0 Å². The molecule has 0 fully saturated rings. The normalized spacial score (nSPS) is 12.3. The van der Waals surface area contributed by atoms with Gasteiger partial charge in [0.15, 0.2) is 0 Å². The van der Waals surface area contributed by atoms with Crippen LogP contribution in [0.5, 0.6) is 0 Å². The van der Waals surface area contributed by atoms with Crippen LogP contribution in [0.1, 0.15) is 29.0 Å². The minimum atomic E-state index is -0.250. The molecule has 0 aliphatic heterocycles. The number of halogens is 1. The molecule has 0 bridgehead atoms. The summed E-state index contributed by atoms with van der Waals surface area (Å²) in [6.07, 6.45) is 1.43. The number of amides is 1. The van der Waals surface area contributed by atoms with E-state index in [2.05, 4.69) is 10.3 Å². The van der Waals surface area contributed by atoms with Crippen LogP contribution in [0.3, 0.4) is 0 Å². The van der Waals surface area contributed by atoms with E-state index in [1.807, 2.05) is 39.0 Å². The van der Waals surface area contributed by atoms with Gasteiger partial charge in [-0.05, 0) is 44.0 Å². The van der Waals surface area contributed by atoms with Gasteiger partial charge in [-0.3, -0.25) is 14.2 Å². The second-order valence-electron chi connectivity index (χ2n) is 5.99. The third kappa shape index (κ3) is 3.60. The predicted molar refractivity (Wildman–Crippen MR) is 101 cm³/mol. The Balaban J connectivity index is 1.79. The Kier molecular flexibility index (Phi) is 4.92. The van der Waals surface area contributed by atoms with E-state index in [0.717, 1.165) is 16.0 Å². The highest BCUT2D eigenvalue weighted by Gasteiger charge is 2.15. The molecule has 1 amide bonds. The first-order valence-electron chi connectivity index (χ1n) is 7.86. The molecule has 1 atom stereocenters. The minimum absolute atomic E-state index is 0.0684. The molecule has 0 spiro atoms. The van der Waals surface area contributed by atoms with Crippen LogP contribution in [0.4, 0.5) is 0 Å². The number of carbonyl (C=O) groups excluding carboxylic acids is 1. The van der Waals surface area contributed by atoms with Crippen molar-refractivity contribution in [1.82, 2.24) is 14.9 Å². The Morgan fingerprint density at radius 2 is 2.16 bits per heavy atom. The smallest absolute Gasteiger partial charge is 0.262 e. The molecule has 1 N–H and O–H groups in total. The fourth-order valence-electron chi connectivity index (χ4n) is 2.68. The number of nitrogens with one attached hydrogen (secondary N) is 1. The van der Waals surface area contributed by atoms with Gasteiger partial charge in [0.2, 0.25) is 5.91 Å². The molecule has 25 heavy (non-hydrogen) atoms. The fourth-order valence-corrected chi connectivity index (χ4v) is 3.87. The second-order valence-corrected chi connectivity index (χ2v) is 7.62. The van der Waals surface area contributed by atoms with Crippen LogP contribution in [0.2, 0.25) is 5.02 Å². The van der Waals surface area contributed by atoms with Crippen molar-refractivity contribution in [3.8, 4) is 0 Å². The maximum absolute atomic E-state index is 12.6. The zero-order valence-corrected chi connectivity index (χ0v) is 15.7. The molecule has 0 aliphatic carbocycles. The summed E-state index contributed by atoms with van der Waals surface area (Å²) in [6.45, 7) is 5.68. The zero-order chi connectivity index (χ0) is 18.1. The van der Waals surface area contributed by atoms with E-state index in [-0.39, 0.29) is 24.1 Å². The molecular weight excluding hydrogens is 358 g/mol. The van der Waals surface area contributed by atoms with Gasteiger partial charge in [-0.15, -0.1) is 11.3 Å². The molecule has 130 valence electrons. The molecule has 3 aromatic rings. The van der Waals surface area contributed by atoms with E-state index < -0.39 is 0 Å². The van der Waals surface area contributed by atoms with Crippen LogP contribution in [-0.4, -0.2) is 15.5 Å². The number of aryl methyl sites for hydroxylation is 2. The summed E-state index contributed by atoms with van der Waals surface area (Å²) in [6, 6.07) is 7.12. The van der Waals surface area contributed by atoms with E-state index in [9.17, 15) is 9.59 Å². The van der Waals surface area contributed by atoms with Gasteiger partial charge in [-0.2, -0.15) is 0 Å². The van der Waals surface area contributed by atoms with Crippen molar-refractivity contribution in [3.05, 3.63) is 62.0 Å². The van der Waals surface area contributed by atoms with Gasteiger partial charge in [-0.1, -0.05) is 23.7 Å². The third-order valence-electron chi connectivity index (χ3n) is 4.20. The zero-order valence-electron chi connectivity index (χ0n) is 14.2. The lowest BCUT2D eigenvalue weighted by Gasteiger charge is -2.15. The lowest BCUT2D eigenvalue weighted by atomic mass is 10.1. The van der Waals surface area contributed by atoms with Crippen molar-refractivity contribution >= 4 is 39.1 Å². The Bertz CT molecular complexity index is 1010. The number of carbonyl (C=O) groups is 1. The number of aromatic nitrogens is 2. The van der Waals surface area contributed by atoms with Crippen LogP contribution < -0.4 is 10.9 Å². The SMILES string of the molecule is Cc1sc2ncn(CC(=O)N[C@H](C)c3cccc(Cl)c3)c(=O)c2c1C. The molecule has 5 nitrogen and oxygen atoms in total. The standard InChI is InChI=1S/C18H18ClN3O2S/c1-10-12(3)25-17-16(10)18(24)22(9-20-17)8-15(23)21-11(2)13-5-4-6-14(19)7-13/h4-7,9,11H,8H2,1-3H3,(H,21,23)/t11-/m1/s1. The van der Waals surface area contributed by atoms with Gasteiger partial charge in [0.1, 0.15) is 11.4 Å². The quantitative estimate of drug-likeness (QED) is 0.757. The van der Waals surface area contributed by atoms with Crippen LogP contribution in [0.25, 0.3) is 10.2 Å². The summed E-state index contributed by atoms with van der Waals surface area (Å²) in [7, 11) is 0. The van der Waals surface area contributed by atoms with Crippen LogP contribution in [-0.2, 0) is 11.3 Å². The molecule has 2 aromatic heterocycles. The monoisotopic (exact) mass is 375 g/mol. The van der Waals surface area contributed by atoms with Gasteiger partial charge in [-0.25, -0.2) is 4.98 Å². The predicted octanol–water partition coefficient (Wildman–Crippen LogP) is 3.61. The van der Waals surface area contributed by atoms with Crippen molar-refractivity contribution in [1.29, 1.82) is 0 Å². The maximum Gasteiger partial charge on any atom is 0.262 e. The molecule has 3 rings (SSSR count). The van der Waals surface area contributed by atoms with E-state index in [1.165, 1.54) is 22.2 Å². The first kappa shape index (κ1) is 17.6. The van der Waals surface area contributed by atoms with Gasteiger partial charge >= 0.3 is 0 Å². The van der Waals surface area contributed by atoms with Crippen LogP contribution in [0.15, 0.2) is 35.4 Å². The Hall–Kier alpha value is -2.18. The average molecular weight is 376 g/mol. The van der Waals surface area contributed by atoms with Gasteiger partial charge in [0, 0.05) is 9.90 Å². The van der Waals surface area contributed by atoms with Crippen LogP contribution in [0, 0.1) is 13.8 Å². The molecule has 0 unspecified atom stereocenters. The largest absolute Gasteiger partial charge is 0.348 e. The molecule has 0 aliphatic rings. The number of nitrogens with zero attached hydrogens (tertiary/aromatic N) is 2. The lowest BCUT2D eigenvalue weighted by molar-refractivity contribution is -0.122. The molecular formula is C18H18ClN3O2S. The van der Waals surface area contributed by atoms with Gasteiger partial charge in [0.25, 0.3) is 5.56 Å². The molecule has 2 heterocycles. The molecule has 7 heteroatoms. The summed E-state index contributed by atoms with van der Waals surface area (Å²) in [4.78, 5) is 31.0. The molecule has 0 saturated carbocycles. The highest BCUT2D eigenvalue weighted by molar-refractivity contribution is 7.18. The Morgan fingerprint density at radius 1 is 1.40 bits per heavy atom. The summed E-state index contributed by atoms with van der Waals surface area (Å²) in [5, 5.41) is 4.10. The Morgan fingerprint density at radius 3 is 2.88 bits per heavy atom. The van der Waals surface area contributed by atoms with E-state index in [4.69, 9.17) is 11.6 Å². The van der Waals surface area contributed by atoms with Crippen molar-refractivity contribution in [2.24, 2.45) is 0 Å². The highest BCUT2D eigenvalue weighted by Crippen LogP contribution is 2.25. The van der Waals surface area contributed by atoms with E-state index in [0.29, 0.717) is 15.2 Å². The number of rotatable bonds is 4. The fraction of sp³-hybridized carbons (Fsp3) is 0.278. The third-order valence-corrected chi connectivity index (χ3v) is 5.55. The maximum atomic E-state index is 12.6. The highest BCUT2D eigenvalue weighted by atomic mass is 35.5. The molecule has 0 saturated heterocycles. The van der Waals surface area contributed by atoms with E-state index in [1.54, 1.807) is 6.07 Å². The number of fused-ring (bicyclic) bond motifs is 1. The average Bonchev–Trinajstić information content (AvgIpc) is 2.85. The van der Waals surface area contributed by atoms with Gasteiger partial charge in [0.05, 0.1) is 17.8 Å². The van der Waals surface area contributed by atoms with Crippen molar-refractivity contribution < 1.29 is 4.79 Å². The van der Waals surface area contributed by atoms with Gasteiger partial charge < -0.3 is 5.32 Å². The topological polar surface area (TPSA) is 64.0 Å². The number of benzene rings is 1. The van der Waals surface area contributed by atoms with Crippen molar-refractivity contribution in [2.45, 2.75) is 33.4 Å². The molecule has 0 radical (unpaired) electrons. The summed E-state index contributed by atoms with van der Waals surface area (Å²) >= 11 is 7.48. The lowest BCUT2D eigenvalue weighted by Crippen LogP contribution is -2.34. The first-order chi connectivity index (χ1) is 11.9. The second kappa shape index (κ2) is 6.98. The van der Waals surface area contributed by atoms with Crippen molar-refractivity contribution in [3.63, 3.8) is 0 Å². The number of thiophene rings is 1. The number of hydrogen-bond donors (Lipinski definition) is 1. The van der Waals surface area contributed by atoms with Crippen LogP contribution >= 0.6 is 22.9 Å². The first-order valence-corrected chi connectivity index (χ1v) is 9.06. The molecule has 1 aromatic carbocycles. The van der Waals surface area contributed by atoms with Crippen molar-refractivity contribution in [2.75, 3.05) is 0 Å². The minimum Gasteiger partial charge on any atom is -0.348 e. The Labute approximate surface area is 154 Å². The summed E-state index contributed by atoms with van der Waals surface area (Å²) in [5.41, 5.74) is 1.66. The summed E-state index contributed by atoms with van der Waals surface area (Å²) in [5.74, 6) is -0.250. The summed E-state index contributed by atoms with van der Waals surface area (Å²) < 4.78 is 1.35.